The van der Waals surface area contributed by atoms with Crippen LogP contribution in [0, 0.1) is 0 Å². The van der Waals surface area contributed by atoms with Crippen LogP contribution in [0.2, 0.25) is 0 Å². The summed E-state index contributed by atoms with van der Waals surface area (Å²) in [5.74, 6) is 0.376. The van der Waals surface area contributed by atoms with Crippen LogP contribution in [0.15, 0.2) is 70.9 Å². The molecular weight excluding hydrogens is 322 g/mol. The molecule has 1 amide bonds. The highest BCUT2D eigenvalue weighted by Crippen LogP contribution is 2.27. The number of H-pyrrole nitrogens is 1. The number of nitrogens with one attached hydrogen (secondary N) is 2. The summed E-state index contributed by atoms with van der Waals surface area (Å²) in [5, 5.41) is 10.1. The second-order valence-corrected chi connectivity index (χ2v) is 6.06. The van der Waals surface area contributed by atoms with E-state index in [2.05, 4.69) is 22.1 Å². The Balaban J connectivity index is 1.96. The van der Waals surface area contributed by atoms with Crippen molar-refractivity contribution in [2.24, 2.45) is 0 Å². The number of para-hydroxylation sites is 1. The summed E-state index contributed by atoms with van der Waals surface area (Å²) in [6.07, 6.45) is 1.81. The molecule has 2 N–H and O–H groups in total. The van der Waals surface area contributed by atoms with E-state index in [0.29, 0.717) is 16.5 Å². The molecule has 0 atom stereocenters. The predicted octanol–water partition coefficient (Wildman–Crippen LogP) is 3.45. The molecule has 0 bridgehead atoms. The largest absolute Gasteiger partial charge is 0.320 e. The van der Waals surface area contributed by atoms with Crippen LogP contribution in [0.1, 0.15) is 10.5 Å². The minimum absolute atomic E-state index is 0.189. The Labute approximate surface area is 142 Å². The van der Waals surface area contributed by atoms with Crippen LogP contribution in [0.4, 0.5) is 5.69 Å². The molecule has 5 nitrogen and oxygen atoms in total. The van der Waals surface area contributed by atoms with E-state index in [9.17, 15) is 9.59 Å². The maximum Gasteiger partial charge on any atom is 0.276 e. The van der Waals surface area contributed by atoms with Gasteiger partial charge in [0.15, 0.2) is 5.69 Å². The number of hydrogen-bond acceptors (Lipinski definition) is 4. The molecule has 0 radical (unpaired) electrons. The topological polar surface area (TPSA) is 74.8 Å². The first kappa shape index (κ1) is 16.0. The Hall–Kier alpha value is -2.86. The number of anilines is 1. The third kappa shape index (κ3) is 3.23. The van der Waals surface area contributed by atoms with Gasteiger partial charge in [0, 0.05) is 16.0 Å². The fourth-order valence-corrected chi connectivity index (χ4v) is 3.06. The van der Waals surface area contributed by atoms with E-state index < -0.39 is 0 Å². The lowest BCUT2D eigenvalue weighted by atomic mass is 10.1. The number of carbonyl (C=O) groups is 1. The number of thioether (sulfide) groups is 1. The number of carbonyl (C=O) groups excluding carboxylic acids is 1. The summed E-state index contributed by atoms with van der Waals surface area (Å²) in [6, 6.07) is 14.4. The number of aromatic amines is 1. The lowest BCUT2D eigenvalue weighted by Crippen LogP contribution is -2.19. The molecule has 0 fully saturated rings. The van der Waals surface area contributed by atoms with Gasteiger partial charge in [0.25, 0.3) is 11.5 Å². The molecule has 0 saturated carbocycles. The van der Waals surface area contributed by atoms with Gasteiger partial charge in [-0.3, -0.25) is 9.59 Å². The zero-order chi connectivity index (χ0) is 16.9. The molecule has 3 rings (SSSR count). The van der Waals surface area contributed by atoms with Gasteiger partial charge < -0.3 is 5.32 Å². The Morgan fingerprint density at radius 1 is 1.17 bits per heavy atom. The number of fused-ring (bicyclic) bond motifs is 1. The number of rotatable bonds is 5. The molecule has 120 valence electrons. The van der Waals surface area contributed by atoms with Crippen molar-refractivity contribution in [1.82, 2.24) is 10.2 Å². The Morgan fingerprint density at radius 3 is 2.67 bits per heavy atom. The van der Waals surface area contributed by atoms with Crippen molar-refractivity contribution < 1.29 is 4.79 Å². The van der Waals surface area contributed by atoms with Crippen LogP contribution >= 0.6 is 11.8 Å². The van der Waals surface area contributed by atoms with Crippen molar-refractivity contribution in [3.05, 3.63) is 77.2 Å². The SMILES string of the molecule is C=CCSc1ccccc1NC(=O)c1n[nH]c(=O)c2ccccc12. The maximum absolute atomic E-state index is 12.6. The van der Waals surface area contributed by atoms with E-state index in [4.69, 9.17) is 0 Å². The second kappa shape index (κ2) is 7.14. The molecule has 0 aliphatic heterocycles. The van der Waals surface area contributed by atoms with E-state index in [-0.39, 0.29) is 17.2 Å². The Kier molecular flexibility index (Phi) is 4.77. The number of amides is 1. The number of hydrogen-bond donors (Lipinski definition) is 2. The molecule has 0 unspecified atom stereocenters. The van der Waals surface area contributed by atoms with Gasteiger partial charge in [0.2, 0.25) is 0 Å². The number of nitrogens with zero attached hydrogens (tertiary/aromatic N) is 1. The number of aromatic nitrogens is 2. The molecule has 1 aromatic heterocycles. The van der Waals surface area contributed by atoms with E-state index in [1.165, 1.54) is 0 Å². The van der Waals surface area contributed by atoms with Crippen LogP contribution in [0.25, 0.3) is 10.8 Å². The smallest absolute Gasteiger partial charge is 0.276 e. The second-order valence-electron chi connectivity index (χ2n) is 5.00. The van der Waals surface area contributed by atoms with Crippen molar-refractivity contribution in [2.45, 2.75) is 4.90 Å². The maximum atomic E-state index is 12.6. The first-order valence-electron chi connectivity index (χ1n) is 7.32. The molecule has 3 aromatic rings. The summed E-state index contributed by atoms with van der Waals surface area (Å²) in [6.45, 7) is 3.70. The Bertz CT molecular complexity index is 966. The molecule has 2 aromatic carbocycles. The van der Waals surface area contributed by atoms with Crippen LogP contribution < -0.4 is 10.9 Å². The third-order valence-corrected chi connectivity index (χ3v) is 4.47. The van der Waals surface area contributed by atoms with Gasteiger partial charge in [-0.15, -0.1) is 18.3 Å². The highest BCUT2D eigenvalue weighted by atomic mass is 32.2. The first-order valence-corrected chi connectivity index (χ1v) is 8.31. The van der Waals surface area contributed by atoms with E-state index in [1.807, 2.05) is 24.3 Å². The van der Waals surface area contributed by atoms with Crippen molar-refractivity contribution in [3.63, 3.8) is 0 Å². The fraction of sp³-hybridized carbons (Fsp3) is 0.0556. The molecule has 1 heterocycles. The van der Waals surface area contributed by atoms with Crippen LogP contribution in [-0.4, -0.2) is 21.9 Å². The molecule has 24 heavy (non-hydrogen) atoms. The van der Waals surface area contributed by atoms with Crippen molar-refractivity contribution in [2.75, 3.05) is 11.1 Å². The van der Waals surface area contributed by atoms with Crippen molar-refractivity contribution in [3.8, 4) is 0 Å². The zero-order valence-electron chi connectivity index (χ0n) is 12.8. The summed E-state index contributed by atoms with van der Waals surface area (Å²) < 4.78 is 0. The molecule has 0 spiro atoms. The molecule has 6 heteroatoms. The number of benzene rings is 2. The average Bonchev–Trinajstić information content (AvgIpc) is 2.61. The highest BCUT2D eigenvalue weighted by molar-refractivity contribution is 7.99. The van der Waals surface area contributed by atoms with Gasteiger partial charge in [-0.05, 0) is 18.2 Å². The van der Waals surface area contributed by atoms with E-state index in [0.717, 1.165) is 10.6 Å². The van der Waals surface area contributed by atoms with Crippen molar-refractivity contribution in [1.29, 1.82) is 0 Å². The normalized spacial score (nSPS) is 10.5. The van der Waals surface area contributed by atoms with Gasteiger partial charge in [-0.2, -0.15) is 5.10 Å². The zero-order valence-corrected chi connectivity index (χ0v) is 13.6. The van der Waals surface area contributed by atoms with Crippen LogP contribution in [0.3, 0.4) is 0 Å². The molecular formula is C18H15N3O2S. The first-order chi connectivity index (χ1) is 11.7. The minimum Gasteiger partial charge on any atom is -0.320 e. The lowest BCUT2D eigenvalue weighted by Gasteiger charge is -2.10. The quantitative estimate of drug-likeness (QED) is 0.552. The summed E-state index contributed by atoms with van der Waals surface area (Å²) in [7, 11) is 0. The summed E-state index contributed by atoms with van der Waals surface area (Å²) >= 11 is 1.58. The van der Waals surface area contributed by atoms with Gasteiger partial charge in [-0.25, -0.2) is 5.10 Å². The van der Waals surface area contributed by atoms with E-state index in [1.54, 1.807) is 42.1 Å². The fourth-order valence-electron chi connectivity index (χ4n) is 2.31. The molecule has 0 aliphatic carbocycles. The minimum atomic E-state index is -0.367. The monoisotopic (exact) mass is 337 g/mol. The molecule has 0 saturated heterocycles. The lowest BCUT2D eigenvalue weighted by molar-refractivity contribution is 0.102. The third-order valence-electron chi connectivity index (χ3n) is 3.40. The predicted molar refractivity (Wildman–Crippen MR) is 97.7 cm³/mol. The van der Waals surface area contributed by atoms with Gasteiger partial charge in [-0.1, -0.05) is 36.4 Å². The van der Waals surface area contributed by atoms with Gasteiger partial charge in [0.05, 0.1) is 11.1 Å². The highest BCUT2D eigenvalue weighted by Gasteiger charge is 2.15. The Morgan fingerprint density at radius 2 is 1.88 bits per heavy atom. The molecule has 0 aliphatic rings. The average molecular weight is 337 g/mol. The van der Waals surface area contributed by atoms with Gasteiger partial charge >= 0.3 is 0 Å². The van der Waals surface area contributed by atoms with Crippen molar-refractivity contribution >= 4 is 34.1 Å². The standard InChI is InChI=1S/C18H15N3O2S/c1-2-11-24-15-10-6-5-9-14(15)19-18(23)16-12-7-3-4-8-13(12)17(22)21-20-16/h2-10H,1,11H2,(H,19,23)(H,21,22). The van der Waals surface area contributed by atoms with E-state index >= 15 is 0 Å². The van der Waals surface area contributed by atoms with Crippen LogP contribution in [0.5, 0.6) is 0 Å². The van der Waals surface area contributed by atoms with Crippen LogP contribution in [-0.2, 0) is 0 Å². The summed E-state index contributed by atoms with van der Waals surface area (Å²) in [4.78, 5) is 25.4. The van der Waals surface area contributed by atoms with Gasteiger partial charge in [0.1, 0.15) is 0 Å². The summed E-state index contributed by atoms with van der Waals surface area (Å²) in [5.41, 5.74) is 0.573.